The summed E-state index contributed by atoms with van der Waals surface area (Å²) in [6, 6.07) is 0. The summed E-state index contributed by atoms with van der Waals surface area (Å²) in [7, 11) is 3.97. The minimum Gasteiger partial charge on any atom is -0.372 e. The molecule has 7 nitrogen and oxygen atoms in total. The molecule has 1 amide bonds. The Labute approximate surface area is 137 Å². The predicted octanol–water partition coefficient (Wildman–Crippen LogP) is 0.760. The molecule has 2 atom stereocenters. The van der Waals surface area contributed by atoms with Gasteiger partial charge >= 0.3 is 0 Å². The van der Waals surface area contributed by atoms with Gasteiger partial charge in [0, 0.05) is 26.1 Å². The summed E-state index contributed by atoms with van der Waals surface area (Å²) >= 11 is 0. The van der Waals surface area contributed by atoms with Gasteiger partial charge in [-0.1, -0.05) is 0 Å². The second kappa shape index (κ2) is 6.57. The molecule has 0 N–H and O–H groups in total. The number of rotatable bonds is 5. The van der Waals surface area contributed by atoms with E-state index in [1.54, 1.807) is 0 Å². The number of likely N-dealkylation sites (N-methyl/N-ethyl adjacent to an activating group) is 1. The van der Waals surface area contributed by atoms with Gasteiger partial charge in [-0.05, 0) is 33.7 Å². The topological polar surface area (TPSA) is 63.5 Å². The van der Waals surface area contributed by atoms with Crippen LogP contribution in [0.1, 0.15) is 44.3 Å². The van der Waals surface area contributed by atoms with Crippen LogP contribution in [0.2, 0.25) is 0 Å². The van der Waals surface area contributed by atoms with Gasteiger partial charge in [0.2, 0.25) is 5.91 Å². The molecule has 2 heterocycles. The van der Waals surface area contributed by atoms with E-state index in [0.29, 0.717) is 32.1 Å². The van der Waals surface area contributed by atoms with Crippen LogP contribution < -0.4 is 0 Å². The molecule has 1 saturated heterocycles. The molecule has 2 aliphatic rings. The number of nitrogens with zero attached hydrogens (tertiary/aromatic N) is 5. The summed E-state index contributed by atoms with van der Waals surface area (Å²) in [5.74, 6) is 2.74. The van der Waals surface area contributed by atoms with Crippen LogP contribution in [-0.2, 0) is 23.1 Å². The average molecular weight is 321 g/mol. The van der Waals surface area contributed by atoms with Crippen molar-refractivity contribution in [2.45, 2.75) is 51.4 Å². The number of carbonyl (C=O) groups is 1. The molecule has 7 heteroatoms. The van der Waals surface area contributed by atoms with E-state index in [1.165, 1.54) is 12.8 Å². The second-order valence-electron chi connectivity index (χ2n) is 7.04. The van der Waals surface area contributed by atoms with Crippen molar-refractivity contribution >= 4 is 5.91 Å². The van der Waals surface area contributed by atoms with Crippen LogP contribution in [0.5, 0.6) is 0 Å². The fraction of sp³-hybridized carbons (Fsp3) is 0.812. The minimum atomic E-state index is 0.104. The summed E-state index contributed by atoms with van der Waals surface area (Å²) in [6.45, 7) is 6.40. The van der Waals surface area contributed by atoms with Gasteiger partial charge in [-0.3, -0.25) is 9.69 Å². The van der Waals surface area contributed by atoms with E-state index >= 15 is 0 Å². The van der Waals surface area contributed by atoms with E-state index < -0.39 is 0 Å². The Morgan fingerprint density at radius 1 is 1.26 bits per heavy atom. The highest BCUT2D eigenvalue weighted by atomic mass is 16.5. The summed E-state index contributed by atoms with van der Waals surface area (Å²) in [6.07, 6.45) is 2.64. The van der Waals surface area contributed by atoms with E-state index in [1.807, 2.05) is 37.7 Å². The Morgan fingerprint density at radius 2 is 1.91 bits per heavy atom. The standard InChI is InChI=1S/C16H27N5O2/c1-11-7-21(8-12(2)23-11)15(22)10-19(3)9-14-17-18-16(20(14)4)13-5-6-13/h11-13H,5-10H2,1-4H3/t11-,12+. The first-order valence-electron chi connectivity index (χ1n) is 8.44. The zero-order valence-corrected chi connectivity index (χ0v) is 14.5. The van der Waals surface area contributed by atoms with Crippen molar-refractivity contribution in [1.29, 1.82) is 0 Å². The lowest BCUT2D eigenvalue weighted by Gasteiger charge is -2.36. The molecule has 1 aromatic rings. The van der Waals surface area contributed by atoms with Gasteiger partial charge in [-0.15, -0.1) is 10.2 Å². The first-order valence-corrected chi connectivity index (χ1v) is 8.44. The third-order valence-corrected chi connectivity index (χ3v) is 4.53. The summed E-state index contributed by atoms with van der Waals surface area (Å²) < 4.78 is 7.77. The zero-order chi connectivity index (χ0) is 16.6. The first-order chi connectivity index (χ1) is 10.9. The van der Waals surface area contributed by atoms with Gasteiger partial charge in [0.1, 0.15) is 11.6 Å². The molecule has 0 aromatic carbocycles. The maximum atomic E-state index is 12.5. The van der Waals surface area contributed by atoms with Crippen LogP contribution in [-0.4, -0.2) is 69.4 Å². The molecule has 1 saturated carbocycles. The molecular weight excluding hydrogens is 294 g/mol. The highest BCUT2D eigenvalue weighted by Gasteiger charge is 2.30. The molecule has 1 aliphatic heterocycles. The smallest absolute Gasteiger partial charge is 0.236 e. The van der Waals surface area contributed by atoms with Crippen molar-refractivity contribution in [1.82, 2.24) is 24.6 Å². The minimum absolute atomic E-state index is 0.104. The van der Waals surface area contributed by atoms with Gasteiger partial charge in [-0.2, -0.15) is 0 Å². The molecule has 23 heavy (non-hydrogen) atoms. The van der Waals surface area contributed by atoms with Crippen LogP contribution in [0.4, 0.5) is 0 Å². The Kier molecular flexibility index (Phi) is 4.68. The van der Waals surface area contributed by atoms with Crippen molar-refractivity contribution in [2.24, 2.45) is 7.05 Å². The Balaban J connectivity index is 1.54. The fourth-order valence-electron chi connectivity index (χ4n) is 3.22. The lowest BCUT2D eigenvalue weighted by Crippen LogP contribution is -2.50. The molecular formula is C16H27N5O2. The average Bonchev–Trinajstić information content (AvgIpc) is 3.24. The maximum absolute atomic E-state index is 12.5. The largest absolute Gasteiger partial charge is 0.372 e. The van der Waals surface area contributed by atoms with E-state index in [4.69, 9.17) is 4.74 Å². The second-order valence-corrected chi connectivity index (χ2v) is 7.04. The number of hydrogen-bond acceptors (Lipinski definition) is 5. The molecule has 0 bridgehead atoms. The lowest BCUT2D eigenvalue weighted by molar-refractivity contribution is -0.144. The van der Waals surface area contributed by atoms with E-state index in [9.17, 15) is 4.79 Å². The summed E-state index contributed by atoms with van der Waals surface area (Å²) in [4.78, 5) is 16.4. The SMILES string of the molecule is C[C@@H]1CN(C(=O)CN(C)Cc2nnc(C3CC3)n2C)C[C@H](C)O1. The zero-order valence-electron chi connectivity index (χ0n) is 14.5. The van der Waals surface area contributed by atoms with Crippen LogP contribution in [0, 0.1) is 0 Å². The predicted molar refractivity (Wildman–Crippen MR) is 85.9 cm³/mol. The van der Waals surface area contributed by atoms with Crippen molar-refractivity contribution in [3.63, 3.8) is 0 Å². The van der Waals surface area contributed by atoms with Crippen molar-refractivity contribution in [2.75, 3.05) is 26.7 Å². The first kappa shape index (κ1) is 16.4. The molecule has 2 fully saturated rings. The Hall–Kier alpha value is -1.47. The number of morpholine rings is 1. The van der Waals surface area contributed by atoms with Gasteiger partial charge in [0.15, 0.2) is 0 Å². The number of amides is 1. The normalized spacial score (nSPS) is 25.2. The van der Waals surface area contributed by atoms with E-state index in [0.717, 1.165) is 11.6 Å². The number of ether oxygens (including phenoxy) is 1. The van der Waals surface area contributed by atoms with Crippen LogP contribution in [0.25, 0.3) is 0 Å². The number of aromatic nitrogens is 3. The van der Waals surface area contributed by atoms with Gasteiger partial charge in [-0.25, -0.2) is 0 Å². The third kappa shape index (κ3) is 3.90. The Morgan fingerprint density at radius 3 is 2.52 bits per heavy atom. The third-order valence-electron chi connectivity index (χ3n) is 4.53. The highest BCUT2D eigenvalue weighted by Crippen LogP contribution is 2.38. The molecule has 1 aliphatic carbocycles. The quantitative estimate of drug-likeness (QED) is 0.801. The van der Waals surface area contributed by atoms with Gasteiger partial charge in [0.25, 0.3) is 0 Å². The molecule has 1 aromatic heterocycles. The lowest BCUT2D eigenvalue weighted by atomic mass is 10.2. The van der Waals surface area contributed by atoms with Crippen LogP contribution >= 0.6 is 0 Å². The highest BCUT2D eigenvalue weighted by molar-refractivity contribution is 5.78. The van der Waals surface area contributed by atoms with Gasteiger partial charge < -0.3 is 14.2 Å². The van der Waals surface area contributed by atoms with Gasteiger partial charge in [0.05, 0.1) is 25.3 Å². The summed E-state index contributed by atoms with van der Waals surface area (Å²) in [5.41, 5.74) is 0. The van der Waals surface area contributed by atoms with E-state index in [-0.39, 0.29) is 18.1 Å². The maximum Gasteiger partial charge on any atom is 0.236 e. The van der Waals surface area contributed by atoms with Crippen LogP contribution in [0.3, 0.4) is 0 Å². The van der Waals surface area contributed by atoms with Crippen molar-refractivity contribution < 1.29 is 9.53 Å². The Bertz CT molecular complexity index is 559. The molecule has 3 rings (SSSR count). The summed E-state index contributed by atoms with van der Waals surface area (Å²) in [5, 5.41) is 8.58. The molecule has 0 radical (unpaired) electrons. The van der Waals surface area contributed by atoms with Crippen molar-refractivity contribution in [3.8, 4) is 0 Å². The molecule has 128 valence electrons. The monoisotopic (exact) mass is 321 g/mol. The number of carbonyl (C=O) groups excluding carboxylic acids is 1. The van der Waals surface area contributed by atoms with Crippen LogP contribution in [0.15, 0.2) is 0 Å². The number of hydrogen-bond donors (Lipinski definition) is 0. The van der Waals surface area contributed by atoms with E-state index in [2.05, 4.69) is 14.8 Å². The van der Waals surface area contributed by atoms with Crippen molar-refractivity contribution in [3.05, 3.63) is 11.6 Å². The molecule has 0 spiro atoms. The molecule has 0 unspecified atom stereocenters. The fourth-order valence-corrected chi connectivity index (χ4v) is 3.22.